The van der Waals surface area contributed by atoms with Crippen molar-refractivity contribution in [2.45, 2.75) is 0 Å². The summed E-state index contributed by atoms with van der Waals surface area (Å²) in [5.74, 6) is 0.649. The summed E-state index contributed by atoms with van der Waals surface area (Å²) < 4.78 is 19.3. The molecule has 0 unspecified atom stereocenters. The number of benzene rings is 5. The smallest absolute Gasteiger partial charge is 0.180 e. The summed E-state index contributed by atoms with van der Waals surface area (Å²) in [6, 6.07) is 42.3. The van der Waals surface area contributed by atoms with Crippen molar-refractivity contribution in [2.24, 2.45) is 0 Å². The Balaban J connectivity index is 1.22. The van der Waals surface area contributed by atoms with Crippen LogP contribution in [0.3, 0.4) is 0 Å². The fourth-order valence-corrected chi connectivity index (χ4v) is 6.40. The lowest BCUT2D eigenvalue weighted by Crippen LogP contribution is -1.94. The minimum Gasteiger partial charge on any atom is -0.454 e. The van der Waals surface area contributed by atoms with Crippen molar-refractivity contribution in [3.63, 3.8) is 0 Å². The molecule has 0 saturated heterocycles. The van der Waals surface area contributed by atoms with Crippen LogP contribution in [0.4, 0.5) is 0 Å². The molecule has 5 heterocycles. The predicted octanol–water partition coefficient (Wildman–Crippen LogP) is 10.6. The second-order valence-corrected chi connectivity index (χ2v) is 11.2. The van der Waals surface area contributed by atoms with Gasteiger partial charge in [-0.05, 0) is 42.0 Å². The van der Waals surface area contributed by atoms with Crippen LogP contribution in [-0.4, -0.2) is 15.0 Å². The number of aromatic nitrogens is 3. The first-order valence-corrected chi connectivity index (χ1v) is 14.8. The first kappa shape index (κ1) is 24.2. The van der Waals surface area contributed by atoms with Gasteiger partial charge in [-0.2, -0.15) is 0 Å². The zero-order valence-corrected chi connectivity index (χ0v) is 23.7. The molecule has 45 heavy (non-hydrogen) atoms. The van der Waals surface area contributed by atoms with Gasteiger partial charge in [-0.1, -0.05) is 91.0 Å². The van der Waals surface area contributed by atoms with E-state index in [1.807, 2.05) is 103 Å². The SMILES string of the molecule is c1ccc(-c2nc(-c3ccc(-c4c5oc6ccccc6c5nc5c4oc4ccccc45)cc3)c3oc4ccccc4c3n2)cc1. The topological polar surface area (TPSA) is 78.1 Å². The molecule has 6 heteroatoms. The molecule has 0 saturated carbocycles. The van der Waals surface area contributed by atoms with Crippen molar-refractivity contribution in [1.82, 2.24) is 15.0 Å². The van der Waals surface area contributed by atoms with Crippen LogP contribution < -0.4 is 0 Å². The maximum Gasteiger partial charge on any atom is 0.180 e. The van der Waals surface area contributed by atoms with Crippen molar-refractivity contribution >= 4 is 66.2 Å². The van der Waals surface area contributed by atoms with Gasteiger partial charge in [0.25, 0.3) is 0 Å². The zero-order valence-electron chi connectivity index (χ0n) is 23.7. The highest BCUT2D eigenvalue weighted by Crippen LogP contribution is 2.43. The van der Waals surface area contributed by atoms with Gasteiger partial charge in [-0.25, -0.2) is 15.0 Å². The molecule has 0 spiro atoms. The molecule has 6 nitrogen and oxygen atoms in total. The van der Waals surface area contributed by atoms with Crippen molar-refractivity contribution in [3.05, 3.63) is 127 Å². The molecule has 0 amide bonds. The zero-order chi connectivity index (χ0) is 29.5. The summed E-state index contributed by atoms with van der Waals surface area (Å²) in [4.78, 5) is 15.1. The van der Waals surface area contributed by atoms with Crippen LogP contribution in [-0.2, 0) is 0 Å². The molecule has 10 rings (SSSR count). The highest BCUT2D eigenvalue weighted by Gasteiger charge is 2.23. The van der Waals surface area contributed by atoms with E-state index in [2.05, 4.69) is 24.3 Å². The van der Waals surface area contributed by atoms with E-state index in [9.17, 15) is 0 Å². The second-order valence-electron chi connectivity index (χ2n) is 11.2. The number of furan rings is 3. The number of nitrogens with zero attached hydrogens (tertiary/aromatic N) is 3. The number of para-hydroxylation sites is 3. The standard InChI is InChI=1S/C39H21N3O3/c1-2-10-24(11-3-1)39-41-32(38-35(42-39)27-14-6-9-17-30(27)45-38)23-20-18-22(19-21-23)31-36-33(25-12-4-7-15-28(25)43-36)40-34-26-13-5-8-16-29(26)44-37(31)34/h1-21H. The van der Waals surface area contributed by atoms with E-state index in [4.69, 9.17) is 28.2 Å². The largest absolute Gasteiger partial charge is 0.454 e. The molecule has 0 atom stereocenters. The lowest BCUT2D eigenvalue weighted by Gasteiger charge is -2.08. The summed E-state index contributed by atoms with van der Waals surface area (Å²) in [5.41, 5.74) is 11.3. The molecule has 0 radical (unpaired) electrons. The van der Waals surface area contributed by atoms with Gasteiger partial charge in [-0.3, -0.25) is 0 Å². The van der Waals surface area contributed by atoms with E-state index >= 15 is 0 Å². The summed E-state index contributed by atoms with van der Waals surface area (Å²) in [6.45, 7) is 0. The van der Waals surface area contributed by atoms with Gasteiger partial charge in [0.1, 0.15) is 39.0 Å². The van der Waals surface area contributed by atoms with Gasteiger partial charge in [-0.15, -0.1) is 0 Å². The van der Waals surface area contributed by atoms with Gasteiger partial charge < -0.3 is 13.3 Å². The molecule has 0 bridgehead atoms. The van der Waals surface area contributed by atoms with E-state index in [0.29, 0.717) is 22.6 Å². The lowest BCUT2D eigenvalue weighted by atomic mass is 10.0. The van der Waals surface area contributed by atoms with E-state index in [-0.39, 0.29) is 0 Å². The number of pyridine rings is 1. The predicted molar refractivity (Wildman–Crippen MR) is 178 cm³/mol. The van der Waals surface area contributed by atoms with Crippen LogP contribution in [0, 0.1) is 0 Å². The number of hydrogen-bond donors (Lipinski definition) is 0. The Hall–Kier alpha value is -6.27. The third-order valence-corrected chi connectivity index (χ3v) is 8.52. The maximum atomic E-state index is 6.45. The molecule has 10 aromatic rings. The minimum absolute atomic E-state index is 0.649. The van der Waals surface area contributed by atoms with Crippen LogP contribution in [0.25, 0.3) is 100.0 Å². The van der Waals surface area contributed by atoms with Crippen molar-refractivity contribution in [3.8, 4) is 33.8 Å². The van der Waals surface area contributed by atoms with E-state index in [0.717, 1.165) is 77.4 Å². The monoisotopic (exact) mass is 579 g/mol. The summed E-state index contributed by atoms with van der Waals surface area (Å²) in [7, 11) is 0. The molecule has 5 aromatic heterocycles. The Morgan fingerprint density at radius 2 is 0.822 bits per heavy atom. The molecular formula is C39H21N3O3. The number of hydrogen-bond acceptors (Lipinski definition) is 6. The fraction of sp³-hybridized carbons (Fsp3) is 0. The number of fused-ring (bicyclic) bond motifs is 9. The normalized spacial score (nSPS) is 12.0. The van der Waals surface area contributed by atoms with Crippen LogP contribution in [0.2, 0.25) is 0 Å². The molecular weight excluding hydrogens is 558 g/mol. The first-order valence-electron chi connectivity index (χ1n) is 14.8. The summed E-state index contributed by atoms with van der Waals surface area (Å²) in [6.07, 6.45) is 0. The highest BCUT2D eigenvalue weighted by molar-refractivity contribution is 6.18. The Labute approximate surface area is 255 Å². The minimum atomic E-state index is 0.649. The third kappa shape index (κ3) is 3.53. The van der Waals surface area contributed by atoms with E-state index < -0.39 is 0 Å². The number of rotatable bonds is 3. The van der Waals surface area contributed by atoms with Crippen molar-refractivity contribution in [1.29, 1.82) is 0 Å². The molecule has 5 aromatic carbocycles. The third-order valence-electron chi connectivity index (χ3n) is 8.52. The Morgan fingerprint density at radius 1 is 0.356 bits per heavy atom. The Morgan fingerprint density at radius 3 is 1.40 bits per heavy atom. The molecule has 0 N–H and O–H groups in total. The average Bonchev–Trinajstić information content (AvgIpc) is 3.78. The molecule has 0 aliphatic carbocycles. The van der Waals surface area contributed by atoms with E-state index in [1.165, 1.54) is 0 Å². The first-order chi connectivity index (χ1) is 22.3. The fourth-order valence-electron chi connectivity index (χ4n) is 6.40. The molecule has 0 aliphatic rings. The molecule has 0 aliphatic heterocycles. The van der Waals surface area contributed by atoms with Crippen LogP contribution in [0.15, 0.2) is 141 Å². The highest BCUT2D eigenvalue weighted by atomic mass is 16.3. The van der Waals surface area contributed by atoms with Gasteiger partial charge in [0.2, 0.25) is 0 Å². The maximum absolute atomic E-state index is 6.45. The molecule has 0 fully saturated rings. The average molecular weight is 580 g/mol. The van der Waals surface area contributed by atoms with Crippen LogP contribution >= 0.6 is 0 Å². The van der Waals surface area contributed by atoms with Crippen molar-refractivity contribution < 1.29 is 13.3 Å². The quantitative estimate of drug-likeness (QED) is 0.207. The van der Waals surface area contributed by atoms with Crippen LogP contribution in [0.1, 0.15) is 0 Å². The summed E-state index contributed by atoms with van der Waals surface area (Å²) in [5, 5.41) is 2.90. The summed E-state index contributed by atoms with van der Waals surface area (Å²) >= 11 is 0. The van der Waals surface area contributed by atoms with Gasteiger partial charge in [0, 0.05) is 27.3 Å². The van der Waals surface area contributed by atoms with E-state index in [1.54, 1.807) is 0 Å². The van der Waals surface area contributed by atoms with Crippen molar-refractivity contribution in [2.75, 3.05) is 0 Å². The van der Waals surface area contributed by atoms with Crippen LogP contribution in [0.5, 0.6) is 0 Å². The Kier molecular flexibility index (Phi) is 4.90. The van der Waals surface area contributed by atoms with Gasteiger partial charge in [0.15, 0.2) is 22.6 Å². The van der Waals surface area contributed by atoms with Gasteiger partial charge >= 0.3 is 0 Å². The Bertz CT molecular complexity index is 2670. The molecule has 210 valence electrons. The van der Waals surface area contributed by atoms with Gasteiger partial charge in [0.05, 0.1) is 5.56 Å². The second kappa shape index (κ2) is 9.11. The lowest BCUT2D eigenvalue weighted by molar-refractivity contribution is 0.657.